The third kappa shape index (κ3) is 4.59. The summed E-state index contributed by atoms with van der Waals surface area (Å²) < 4.78 is 0. The Morgan fingerprint density at radius 2 is 2.13 bits per heavy atom. The number of nitrogens with zero attached hydrogens (tertiary/aromatic N) is 1. The van der Waals surface area contributed by atoms with E-state index in [0.717, 1.165) is 25.1 Å². The van der Waals surface area contributed by atoms with Crippen molar-refractivity contribution in [3.05, 3.63) is 35.4 Å². The number of unbranched alkanes of at least 4 members (excludes halogenated alkanes) is 1. The van der Waals surface area contributed by atoms with Crippen LogP contribution in [0, 0.1) is 11.3 Å². The van der Waals surface area contributed by atoms with Crippen molar-refractivity contribution in [1.82, 2.24) is 5.32 Å². The maximum absolute atomic E-state index is 8.95. The van der Waals surface area contributed by atoms with E-state index < -0.39 is 0 Å². The third-order valence-electron chi connectivity index (χ3n) is 2.15. The first kappa shape index (κ1) is 11.7. The summed E-state index contributed by atoms with van der Waals surface area (Å²) in [6, 6.07) is 9.96. The SMILES string of the molecule is N#CCCCNCc1cccc(CO)c1. The molecule has 3 nitrogen and oxygen atoms in total. The number of nitrogens with one attached hydrogen (secondary N) is 1. The molecular weight excluding hydrogens is 188 g/mol. The van der Waals surface area contributed by atoms with Gasteiger partial charge in [0.05, 0.1) is 12.7 Å². The molecule has 0 unspecified atom stereocenters. The van der Waals surface area contributed by atoms with Gasteiger partial charge in [-0.3, -0.25) is 0 Å². The Morgan fingerprint density at radius 1 is 1.33 bits per heavy atom. The smallest absolute Gasteiger partial charge is 0.0681 e. The number of hydrogen-bond donors (Lipinski definition) is 2. The summed E-state index contributed by atoms with van der Waals surface area (Å²) in [5.74, 6) is 0. The highest BCUT2D eigenvalue weighted by molar-refractivity contribution is 5.22. The molecule has 3 heteroatoms. The van der Waals surface area contributed by atoms with Gasteiger partial charge in [-0.2, -0.15) is 5.26 Å². The van der Waals surface area contributed by atoms with E-state index in [-0.39, 0.29) is 6.61 Å². The average Bonchev–Trinajstić information content (AvgIpc) is 2.29. The highest BCUT2D eigenvalue weighted by Crippen LogP contribution is 2.04. The van der Waals surface area contributed by atoms with Crippen molar-refractivity contribution in [2.24, 2.45) is 0 Å². The molecule has 0 fully saturated rings. The summed E-state index contributed by atoms with van der Waals surface area (Å²) in [6.07, 6.45) is 1.49. The molecule has 0 aliphatic carbocycles. The molecule has 0 saturated heterocycles. The van der Waals surface area contributed by atoms with E-state index in [1.807, 2.05) is 24.3 Å². The van der Waals surface area contributed by atoms with Gasteiger partial charge < -0.3 is 10.4 Å². The van der Waals surface area contributed by atoms with Gasteiger partial charge in [0, 0.05) is 13.0 Å². The molecule has 15 heavy (non-hydrogen) atoms. The lowest BCUT2D eigenvalue weighted by molar-refractivity contribution is 0.281. The lowest BCUT2D eigenvalue weighted by Crippen LogP contribution is -2.14. The molecule has 0 amide bonds. The van der Waals surface area contributed by atoms with E-state index in [0.29, 0.717) is 6.42 Å². The Kier molecular flexibility index (Phi) is 5.46. The van der Waals surface area contributed by atoms with Crippen LogP contribution in [0.1, 0.15) is 24.0 Å². The molecule has 0 spiro atoms. The first-order chi connectivity index (χ1) is 7.36. The fourth-order valence-corrected chi connectivity index (χ4v) is 1.36. The van der Waals surface area contributed by atoms with Gasteiger partial charge in [-0.05, 0) is 24.1 Å². The molecule has 1 rings (SSSR count). The second kappa shape index (κ2) is 6.99. The molecule has 2 N–H and O–H groups in total. The van der Waals surface area contributed by atoms with E-state index in [4.69, 9.17) is 10.4 Å². The second-order valence-electron chi connectivity index (χ2n) is 3.42. The molecule has 0 aromatic heterocycles. The summed E-state index contributed by atoms with van der Waals surface area (Å²) in [5, 5.41) is 20.5. The maximum atomic E-state index is 8.95. The van der Waals surface area contributed by atoms with Gasteiger partial charge in [0.2, 0.25) is 0 Å². The van der Waals surface area contributed by atoms with Crippen molar-refractivity contribution in [3.8, 4) is 6.07 Å². The Balaban J connectivity index is 2.28. The number of benzene rings is 1. The Labute approximate surface area is 90.4 Å². The second-order valence-corrected chi connectivity index (χ2v) is 3.42. The molecular formula is C12H16N2O. The van der Waals surface area contributed by atoms with E-state index in [9.17, 15) is 0 Å². The fraction of sp³-hybridized carbons (Fsp3) is 0.417. The van der Waals surface area contributed by atoms with Crippen LogP contribution in [-0.4, -0.2) is 11.7 Å². The van der Waals surface area contributed by atoms with Crippen LogP contribution in [0.5, 0.6) is 0 Å². The van der Waals surface area contributed by atoms with Crippen LogP contribution in [-0.2, 0) is 13.2 Å². The fourth-order valence-electron chi connectivity index (χ4n) is 1.36. The lowest BCUT2D eigenvalue weighted by Gasteiger charge is -2.04. The Hall–Kier alpha value is -1.37. The zero-order valence-electron chi connectivity index (χ0n) is 8.74. The number of aliphatic hydroxyl groups excluding tert-OH is 1. The van der Waals surface area contributed by atoms with Gasteiger partial charge in [0.1, 0.15) is 0 Å². The standard InChI is InChI=1S/C12H16N2O/c13-6-1-2-7-14-9-11-4-3-5-12(8-11)10-15/h3-5,8,14-15H,1-2,7,9-10H2. The van der Waals surface area contributed by atoms with E-state index in [1.165, 1.54) is 5.56 Å². The van der Waals surface area contributed by atoms with Crippen LogP contribution >= 0.6 is 0 Å². The average molecular weight is 204 g/mol. The summed E-state index contributed by atoms with van der Waals surface area (Å²) >= 11 is 0. The molecule has 0 bridgehead atoms. The quantitative estimate of drug-likeness (QED) is 0.691. The molecule has 0 aliphatic heterocycles. The molecule has 0 aliphatic rings. The topological polar surface area (TPSA) is 56.0 Å². The van der Waals surface area contributed by atoms with Gasteiger partial charge in [0.25, 0.3) is 0 Å². The molecule has 0 atom stereocenters. The minimum Gasteiger partial charge on any atom is -0.392 e. The van der Waals surface area contributed by atoms with Gasteiger partial charge in [-0.15, -0.1) is 0 Å². The van der Waals surface area contributed by atoms with Crippen molar-refractivity contribution in [3.63, 3.8) is 0 Å². The highest BCUT2D eigenvalue weighted by atomic mass is 16.3. The molecule has 80 valence electrons. The summed E-state index contributed by atoms with van der Waals surface area (Å²) in [6.45, 7) is 1.73. The zero-order valence-corrected chi connectivity index (χ0v) is 8.74. The van der Waals surface area contributed by atoms with E-state index >= 15 is 0 Å². The maximum Gasteiger partial charge on any atom is 0.0681 e. The summed E-state index contributed by atoms with van der Waals surface area (Å²) in [7, 11) is 0. The summed E-state index contributed by atoms with van der Waals surface area (Å²) in [5.41, 5.74) is 2.10. The predicted molar refractivity (Wildman–Crippen MR) is 58.9 cm³/mol. The summed E-state index contributed by atoms with van der Waals surface area (Å²) in [4.78, 5) is 0. The number of hydrogen-bond acceptors (Lipinski definition) is 3. The molecule has 0 saturated carbocycles. The van der Waals surface area contributed by atoms with Crippen molar-refractivity contribution in [2.45, 2.75) is 26.0 Å². The van der Waals surface area contributed by atoms with Crippen LogP contribution in [0.2, 0.25) is 0 Å². The Bertz CT molecular complexity index is 331. The van der Waals surface area contributed by atoms with Crippen molar-refractivity contribution in [2.75, 3.05) is 6.54 Å². The van der Waals surface area contributed by atoms with Gasteiger partial charge in [-0.1, -0.05) is 24.3 Å². The predicted octanol–water partition coefficient (Wildman–Crippen LogP) is 1.57. The minimum absolute atomic E-state index is 0.0856. The highest BCUT2D eigenvalue weighted by Gasteiger charge is 1.94. The van der Waals surface area contributed by atoms with E-state index in [1.54, 1.807) is 0 Å². The molecule has 1 aromatic rings. The number of rotatable bonds is 6. The van der Waals surface area contributed by atoms with Crippen LogP contribution in [0.25, 0.3) is 0 Å². The van der Waals surface area contributed by atoms with Crippen molar-refractivity contribution in [1.29, 1.82) is 5.26 Å². The molecule has 0 heterocycles. The van der Waals surface area contributed by atoms with Gasteiger partial charge in [-0.25, -0.2) is 0 Å². The van der Waals surface area contributed by atoms with Gasteiger partial charge >= 0.3 is 0 Å². The normalized spacial score (nSPS) is 9.87. The van der Waals surface area contributed by atoms with Crippen LogP contribution < -0.4 is 5.32 Å². The van der Waals surface area contributed by atoms with Gasteiger partial charge in [0.15, 0.2) is 0 Å². The van der Waals surface area contributed by atoms with Crippen LogP contribution in [0.4, 0.5) is 0 Å². The molecule has 0 radical (unpaired) electrons. The molecule has 1 aromatic carbocycles. The van der Waals surface area contributed by atoms with Crippen LogP contribution in [0.15, 0.2) is 24.3 Å². The number of nitriles is 1. The van der Waals surface area contributed by atoms with Crippen molar-refractivity contribution < 1.29 is 5.11 Å². The van der Waals surface area contributed by atoms with E-state index in [2.05, 4.69) is 11.4 Å². The largest absolute Gasteiger partial charge is 0.392 e. The van der Waals surface area contributed by atoms with Crippen molar-refractivity contribution >= 4 is 0 Å². The minimum atomic E-state index is 0.0856. The van der Waals surface area contributed by atoms with Crippen LogP contribution in [0.3, 0.4) is 0 Å². The Morgan fingerprint density at radius 3 is 2.87 bits per heavy atom. The first-order valence-corrected chi connectivity index (χ1v) is 5.13. The zero-order chi connectivity index (χ0) is 10.9. The lowest BCUT2D eigenvalue weighted by atomic mass is 10.1. The number of aliphatic hydroxyl groups is 1. The third-order valence-corrected chi connectivity index (χ3v) is 2.15. The monoisotopic (exact) mass is 204 g/mol. The first-order valence-electron chi connectivity index (χ1n) is 5.13.